The molecule has 1 unspecified atom stereocenters. The Morgan fingerprint density at radius 2 is 2.29 bits per heavy atom. The molecule has 1 N–H and O–H groups in total. The fraction of sp³-hybridized carbons (Fsp3) is 0.222. The molecule has 0 saturated heterocycles. The van der Waals surface area contributed by atoms with Gasteiger partial charge in [0.05, 0.1) is 10.0 Å². The van der Waals surface area contributed by atoms with E-state index in [0.29, 0.717) is 10.0 Å². The first-order valence-corrected chi connectivity index (χ1v) is 5.29. The summed E-state index contributed by atoms with van der Waals surface area (Å²) in [6.07, 6.45) is 1.13. The second-order valence-corrected chi connectivity index (χ2v) is 4.71. The van der Waals surface area contributed by atoms with Crippen LogP contribution in [0, 0.1) is 0 Å². The van der Waals surface area contributed by atoms with E-state index in [2.05, 4.69) is 5.10 Å². The molecular formula is C9H9ClN2OS. The maximum Gasteiger partial charge on any atom is 0.132 e. The Hall–Kier alpha value is -0.840. The number of aliphatic hydroxyl groups is 1. The van der Waals surface area contributed by atoms with Gasteiger partial charge in [-0.1, -0.05) is 11.6 Å². The molecule has 0 amide bonds. The van der Waals surface area contributed by atoms with Crippen molar-refractivity contribution in [3.63, 3.8) is 0 Å². The smallest absolute Gasteiger partial charge is 0.132 e. The topological polar surface area (TPSA) is 38.0 Å². The molecule has 0 aliphatic heterocycles. The highest BCUT2D eigenvalue weighted by Crippen LogP contribution is 2.29. The van der Waals surface area contributed by atoms with Gasteiger partial charge in [0, 0.05) is 18.1 Å². The number of aliphatic hydroxyl groups excluding tert-OH is 1. The zero-order valence-corrected chi connectivity index (χ0v) is 9.09. The highest BCUT2D eigenvalue weighted by atomic mass is 35.5. The summed E-state index contributed by atoms with van der Waals surface area (Å²) in [6.45, 7) is 0. The molecule has 14 heavy (non-hydrogen) atoms. The third-order valence-corrected chi connectivity index (χ3v) is 3.16. The number of hydrogen-bond acceptors (Lipinski definition) is 3. The van der Waals surface area contributed by atoms with Crippen molar-refractivity contribution in [2.45, 2.75) is 6.10 Å². The molecule has 0 aliphatic rings. The average molecular weight is 229 g/mol. The van der Waals surface area contributed by atoms with E-state index in [-0.39, 0.29) is 0 Å². The lowest BCUT2D eigenvalue weighted by Gasteiger charge is -2.03. The summed E-state index contributed by atoms with van der Waals surface area (Å²) in [5.41, 5.74) is 0.644. The van der Waals surface area contributed by atoms with Crippen LogP contribution >= 0.6 is 22.9 Å². The molecule has 74 valence electrons. The summed E-state index contributed by atoms with van der Waals surface area (Å²) >= 11 is 7.15. The van der Waals surface area contributed by atoms with E-state index in [1.165, 1.54) is 11.3 Å². The third kappa shape index (κ3) is 1.82. The number of hydrogen-bond donors (Lipinski definition) is 1. The molecule has 0 aromatic carbocycles. The predicted octanol–water partition coefficient (Wildman–Crippen LogP) is 2.22. The second-order valence-electron chi connectivity index (χ2n) is 2.96. The number of aryl methyl sites for hydroxylation is 1. The van der Waals surface area contributed by atoms with E-state index in [0.717, 1.165) is 4.88 Å². The summed E-state index contributed by atoms with van der Waals surface area (Å²) in [6, 6.07) is 5.37. The van der Waals surface area contributed by atoms with Crippen molar-refractivity contribution in [2.24, 2.45) is 7.05 Å². The van der Waals surface area contributed by atoms with Crippen LogP contribution in [-0.2, 0) is 7.05 Å². The Morgan fingerprint density at radius 1 is 1.50 bits per heavy atom. The Bertz CT molecular complexity index is 397. The highest BCUT2D eigenvalue weighted by Gasteiger charge is 2.14. The Kier molecular flexibility index (Phi) is 2.58. The van der Waals surface area contributed by atoms with Crippen molar-refractivity contribution in [1.29, 1.82) is 0 Å². The lowest BCUT2D eigenvalue weighted by Crippen LogP contribution is -1.99. The number of aromatic nitrogens is 2. The van der Waals surface area contributed by atoms with Crippen molar-refractivity contribution in [2.75, 3.05) is 0 Å². The maximum absolute atomic E-state index is 9.89. The summed E-state index contributed by atoms with van der Waals surface area (Å²) in [5, 5.41) is 14.0. The van der Waals surface area contributed by atoms with Crippen LogP contribution in [-0.4, -0.2) is 14.9 Å². The summed E-state index contributed by atoms with van der Waals surface area (Å²) in [5.74, 6) is 0. The first-order valence-electron chi connectivity index (χ1n) is 4.09. The van der Waals surface area contributed by atoms with Gasteiger partial charge in [0.2, 0.25) is 0 Å². The Morgan fingerprint density at radius 3 is 2.79 bits per heavy atom. The van der Waals surface area contributed by atoms with Gasteiger partial charge in [-0.2, -0.15) is 5.10 Å². The van der Waals surface area contributed by atoms with Gasteiger partial charge in [-0.05, 0) is 18.2 Å². The minimum atomic E-state index is -0.673. The fourth-order valence-electron chi connectivity index (χ4n) is 1.20. The van der Waals surface area contributed by atoms with Crippen LogP contribution in [0.4, 0.5) is 0 Å². The van der Waals surface area contributed by atoms with Crippen LogP contribution < -0.4 is 0 Å². The molecule has 0 bridgehead atoms. The number of nitrogens with zero attached hydrogens (tertiary/aromatic N) is 2. The van der Waals surface area contributed by atoms with E-state index in [9.17, 15) is 5.11 Å². The second kappa shape index (κ2) is 3.73. The van der Waals surface area contributed by atoms with Crippen molar-refractivity contribution in [3.05, 3.63) is 39.3 Å². The molecule has 0 aliphatic carbocycles. The average Bonchev–Trinajstić information content (AvgIpc) is 2.73. The van der Waals surface area contributed by atoms with Gasteiger partial charge in [0.25, 0.3) is 0 Å². The van der Waals surface area contributed by atoms with Crippen LogP contribution in [0.3, 0.4) is 0 Å². The molecule has 2 rings (SSSR count). The number of thiophene rings is 1. The first kappa shape index (κ1) is 9.71. The van der Waals surface area contributed by atoms with Crippen molar-refractivity contribution >= 4 is 22.9 Å². The molecule has 0 saturated carbocycles. The van der Waals surface area contributed by atoms with Crippen molar-refractivity contribution in [3.8, 4) is 0 Å². The zero-order chi connectivity index (χ0) is 10.1. The van der Waals surface area contributed by atoms with E-state index in [4.69, 9.17) is 11.6 Å². The van der Waals surface area contributed by atoms with Gasteiger partial charge in [-0.25, -0.2) is 0 Å². The van der Waals surface area contributed by atoms with Gasteiger partial charge in [0.15, 0.2) is 0 Å². The maximum atomic E-state index is 9.89. The Labute approximate surface area is 90.6 Å². The van der Waals surface area contributed by atoms with E-state index in [1.807, 2.05) is 13.1 Å². The van der Waals surface area contributed by atoms with Crippen molar-refractivity contribution < 1.29 is 5.11 Å². The monoisotopic (exact) mass is 228 g/mol. The fourth-order valence-corrected chi connectivity index (χ4v) is 2.26. The molecule has 3 nitrogen and oxygen atoms in total. The first-order chi connectivity index (χ1) is 6.66. The summed E-state index contributed by atoms with van der Waals surface area (Å²) in [4.78, 5) is 0.814. The third-order valence-electron chi connectivity index (χ3n) is 1.88. The van der Waals surface area contributed by atoms with Gasteiger partial charge >= 0.3 is 0 Å². The van der Waals surface area contributed by atoms with Gasteiger partial charge < -0.3 is 5.11 Å². The molecule has 0 spiro atoms. The molecule has 0 radical (unpaired) electrons. The molecule has 5 heteroatoms. The van der Waals surface area contributed by atoms with E-state index >= 15 is 0 Å². The summed E-state index contributed by atoms with van der Waals surface area (Å²) < 4.78 is 2.34. The van der Waals surface area contributed by atoms with Crippen LogP contribution in [0.1, 0.15) is 16.7 Å². The number of halogens is 1. The highest BCUT2D eigenvalue weighted by molar-refractivity contribution is 7.16. The Balaban J connectivity index is 2.28. The number of rotatable bonds is 2. The molecule has 2 aromatic rings. The van der Waals surface area contributed by atoms with Crippen molar-refractivity contribution in [1.82, 2.24) is 9.78 Å². The van der Waals surface area contributed by atoms with E-state index < -0.39 is 6.10 Å². The predicted molar refractivity (Wildman–Crippen MR) is 56.6 cm³/mol. The largest absolute Gasteiger partial charge is 0.381 e. The SMILES string of the molecule is Cn1ccc(C(O)c2ccc(Cl)s2)n1. The zero-order valence-electron chi connectivity index (χ0n) is 7.51. The lowest BCUT2D eigenvalue weighted by molar-refractivity contribution is 0.218. The van der Waals surface area contributed by atoms with Crippen LogP contribution in [0.5, 0.6) is 0 Å². The molecule has 1 atom stereocenters. The van der Waals surface area contributed by atoms with E-state index in [1.54, 1.807) is 23.0 Å². The molecule has 2 aromatic heterocycles. The molecular weight excluding hydrogens is 220 g/mol. The van der Waals surface area contributed by atoms with Gasteiger partial charge in [-0.15, -0.1) is 11.3 Å². The van der Waals surface area contributed by atoms with Crippen LogP contribution in [0.15, 0.2) is 24.4 Å². The molecule has 0 fully saturated rings. The van der Waals surface area contributed by atoms with Gasteiger partial charge in [-0.3, -0.25) is 4.68 Å². The lowest BCUT2D eigenvalue weighted by atomic mass is 10.2. The molecule has 2 heterocycles. The van der Waals surface area contributed by atoms with Crippen LogP contribution in [0.25, 0.3) is 0 Å². The van der Waals surface area contributed by atoms with Gasteiger partial charge in [0.1, 0.15) is 6.10 Å². The standard InChI is InChI=1S/C9H9ClN2OS/c1-12-5-4-6(11-12)9(13)7-2-3-8(10)14-7/h2-5,9,13H,1H3. The minimum Gasteiger partial charge on any atom is -0.381 e. The van der Waals surface area contributed by atoms with Crippen LogP contribution in [0.2, 0.25) is 4.34 Å². The minimum absolute atomic E-state index is 0.644. The normalized spacial score (nSPS) is 13.1. The quantitative estimate of drug-likeness (QED) is 0.856. The summed E-state index contributed by atoms with van der Waals surface area (Å²) in [7, 11) is 1.82.